The van der Waals surface area contributed by atoms with Gasteiger partial charge in [0.05, 0.1) is 13.2 Å². The van der Waals surface area contributed by atoms with Gasteiger partial charge < -0.3 is 4.74 Å². The van der Waals surface area contributed by atoms with Gasteiger partial charge in [0.2, 0.25) is 0 Å². The van der Waals surface area contributed by atoms with Crippen molar-refractivity contribution in [2.75, 3.05) is 7.11 Å². The van der Waals surface area contributed by atoms with E-state index in [2.05, 4.69) is 5.43 Å². The molecule has 20 heavy (non-hydrogen) atoms. The molecule has 0 saturated heterocycles. The minimum atomic E-state index is -0.115. The molecule has 106 valence electrons. The fourth-order valence-electron chi connectivity index (χ4n) is 2.13. The van der Waals surface area contributed by atoms with Crippen LogP contribution in [0.25, 0.3) is 0 Å². The lowest BCUT2D eigenvalue weighted by Gasteiger charge is -2.19. The molecule has 0 aliphatic heterocycles. The molecule has 2 aromatic rings. The maximum atomic E-state index is 6.23. The third kappa shape index (κ3) is 3.44. The second-order valence-corrected chi connectivity index (χ2v) is 5.24. The highest BCUT2D eigenvalue weighted by molar-refractivity contribution is 6.35. The lowest BCUT2D eigenvalue weighted by atomic mass is 9.98. The lowest BCUT2D eigenvalue weighted by molar-refractivity contribution is 0.405. The number of para-hydroxylation sites is 1. The van der Waals surface area contributed by atoms with Crippen molar-refractivity contribution in [3.05, 3.63) is 63.6 Å². The van der Waals surface area contributed by atoms with Crippen LogP contribution in [0, 0.1) is 0 Å². The zero-order chi connectivity index (χ0) is 14.5. The topological polar surface area (TPSA) is 47.3 Å². The van der Waals surface area contributed by atoms with Gasteiger partial charge in [-0.15, -0.1) is 0 Å². The molecular formula is C15H16Cl2N2O. The summed E-state index contributed by atoms with van der Waals surface area (Å²) in [6.07, 6.45) is 0.669. The summed E-state index contributed by atoms with van der Waals surface area (Å²) in [5.74, 6) is 6.50. The predicted octanol–water partition coefficient (Wildman–Crippen LogP) is 3.75. The summed E-state index contributed by atoms with van der Waals surface area (Å²) in [4.78, 5) is 0. The monoisotopic (exact) mass is 310 g/mol. The molecule has 0 aliphatic rings. The van der Waals surface area contributed by atoms with Crippen molar-refractivity contribution in [1.82, 2.24) is 5.43 Å². The molecule has 0 saturated carbocycles. The van der Waals surface area contributed by atoms with Crippen LogP contribution in [0.3, 0.4) is 0 Å². The highest BCUT2D eigenvalue weighted by Gasteiger charge is 2.16. The summed E-state index contributed by atoms with van der Waals surface area (Å²) in [6.45, 7) is 0. The van der Waals surface area contributed by atoms with Crippen LogP contribution in [0.15, 0.2) is 42.5 Å². The molecule has 3 nitrogen and oxygen atoms in total. The fraction of sp³-hybridized carbons (Fsp3) is 0.200. The molecule has 0 spiro atoms. The Balaban J connectivity index is 2.29. The molecule has 5 heteroatoms. The van der Waals surface area contributed by atoms with Crippen LogP contribution in [0.5, 0.6) is 5.75 Å². The summed E-state index contributed by atoms with van der Waals surface area (Å²) in [6, 6.07) is 13.1. The lowest BCUT2D eigenvalue weighted by Crippen LogP contribution is -2.29. The van der Waals surface area contributed by atoms with Crippen molar-refractivity contribution in [1.29, 1.82) is 0 Å². The zero-order valence-electron chi connectivity index (χ0n) is 11.1. The summed E-state index contributed by atoms with van der Waals surface area (Å²) in [5, 5.41) is 1.20. The standard InChI is InChI=1S/C15H16Cl2N2O/c1-20-15-5-3-2-4-10(15)8-14(19-18)12-7-6-11(16)9-13(12)17/h2-7,9,14,19H,8,18H2,1H3. The van der Waals surface area contributed by atoms with Gasteiger partial charge in [0, 0.05) is 10.0 Å². The molecular weight excluding hydrogens is 295 g/mol. The quantitative estimate of drug-likeness (QED) is 0.653. The van der Waals surface area contributed by atoms with Crippen LogP contribution in [-0.4, -0.2) is 7.11 Å². The second kappa shape index (κ2) is 6.95. The minimum absolute atomic E-state index is 0.115. The smallest absolute Gasteiger partial charge is 0.122 e. The number of hydrogen-bond acceptors (Lipinski definition) is 3. The Morgan fingerprint density at radius 1 is 1.20 bits per heavy atom. The molecule has 0 bridgehead atoms. The zero-order valence-corrected chi connectivity index (χ0v) is 12.6. The highest BCUT2D eigenvalue weighted by atomic mass is 35.5. The summed E-state index contributed by atoms with van der Waals surface area (Å²) in [7, 11) is 1.65. The van der Waals surface area contributed by atoms with E-state index in [-0.39, 0.29) is 6.04 Å². The number of hydrazine groups is 1. The van der Waals surface area contributed by atoms with Crippen LogP contribution >= 0.6 is 23.2 Å². The average Bonchev–Trinajstić information content (AvgIpc) is 2.46. The molecule has 0 fully saturated rings. The maximum Gasteiger partial charge on any atom is 0.122 e. The van der Waals surface area contributed by atoms with Crippen molar-refractivity contribution in [2.24, 2.45) is 5.84 Å². The van der Waals surface area contributed by atoms with Gasteiger partial charge in [-0.25, -0.2) is 0 Å². The van der Waals surface area contributed by atoms with Crippen molar-refractivity contribution >= 4 is 23.2 Å². The molecule has 2 rings (SSSR count). The van der Waals surface area contributed by atoms with E-state index in [4.69, 9.17) is 33.8 Å². The molecule has 0 aliphatic carbocycles. The summed E-state index contributed by atoms with van der Waals surface area (Å²) in [5.41, 5.74) is 4.76. The van der Waals surface area contributed by atoms with Gasteiger partial charge in [0.1, 0.15) is 5.75 Å². The van der Waals surface area contributed by atoms with Gasteiger partial charge >= 0.3 is 0 Å². The van der Waals surface area contributed by atoms with Gasteiger partial charge in [0.25, 0.3) is 0 Å². The van der Waals surface area contributed by atoms with Gasteiger partial charge in [-0.2, -0.15) is 0 Å². The van der Waals surface area contributed by atoms with Crippen LogP contribution in [0.2, 0.25) is 10.0 Å². The maximum absolute atomic E-state index is 6.23. The number of ether oxygens (including phenoxy) is 1. The van der Waals surface area contributed by atoms with Crippen LogP contribution in [0.1, 0.15) is 17.2 Å². The van der Waals surface area contributed by atoms with E-state index in [1.54, 1.807) is 19.2 Å². The Morgan fingerprint density at radius 2 is 1.95 bits per heavy atom. The van der Waals surface area contributed by atoms with Crippen LogP contribution < -0.4 is 16.0 Å². The molecule has 1 atom stereocenters. The number of methoxy groups -OCH3 is 1. The molecule has 2 aromatic carbocycles. The third-order valence-corrected chi connectivity index (χ3v) is 3.72. The number of rotatable bonds is 5. The summed E-state index contributed by atoms with van der Waals surface area (Å²) < 4.78 is 5.35. The number of nitrogens with one attached hydrogen (secondary N) is 1. The van der Waals surface area contributed by atoms with Crippen LogP contribution in [0.4, 0.5) is 0 Å². The highest BCUT2D eigenvalue weighted by Crippen LogP contribution is 2.30. The van der Waals surface area contributed by atoms with E-state index in [0.717, 1.165) is 16.9 Å². The SMILES string of the molecule is COc1ccccc1CC(NN)c1ccc(Cl)cc1Cl. The van der Waals surface area contributed by atoms with Crippen molar-refractivity contribution in [3.8, 4) is 5.75 Å². The van der Waals surface area contributed by atoms with E-state index >= 15 is 0 Å². The first kappa shape index (κ1) is 15.1. The predicted molar refractivity (Wildman–Crippen MR) is 83.2 cm³/mol. The number of halogens is 2. The normalized spacial score (nSPS) is 12.2. The third-order valence-electron chi connectivity index (χ3n) is 3.16. The Labute approximate surface area is 128 Å². The van der Waals surface area contributed by atoms with Gasteiger partial charge in [0.15, 0.2) is 0 Å². The van der Waals surface area contributed by atoms with E-state index in [1.807, 2.05) is 30.3 Å². The molecule has 0 radical (unpaired) electrons. The van der Waals surface area contributed by atoms with Crippen molar-refractivity contribution < 1.29 is 4.74 Å². The van der Waals surface area contributed by atoms with Crippen LogP contribution in [-0.2, 0) is 6.42 Å². The molecule has 1 unspecified atom stereocenters. The fourth-order valence-corrected chi connectivity index (χ4v) is 2.67. The van der Waals surface area contributed by atoms with Gasteiger partial charge in [-0.05, 0) is 35.7 Å². The first-order valence-corrected chi connectivity index (χ1v) is 6.94. The molecule has 3 N–H and O–H groups in total. The van der Waals surface area contributed by atoms with E-state index in [1.165, 1.54) is 0 Å². The number of hydrogen-bond donors (Lipinski definition) is 2. The first-order chi connectivity index (χ1) is 9.65. The van der Waals surface area contributed by atoms with Gasteiger partial charge in [-0.3, -0.25) is 11.3 Å². The minimum Gasteiger partial charge on any atom is -0.496 e. The molecule has 0 amide bonds. The van der Waals surface area contributed by atoms with Crippen molar-refractivity contribution in [3.63, 3.8) is 0 Å². The average molecular weight is 311 g/mol. The van der Waals surface area contributed by atoms with Gasteiger partial charge in [-0.1, -0.05) is 47.5 Å². The van der Waals surface area contributed by atoms with E-state index in [0.29, 0.717) is 16.5 Å². The molecule has 0 heterocycles. The molecule has 0 aromatic heterocycles. The van der Waals surface area contributed by atoms with Crippen molar-refractivity contribution in [2.45, 2.75) is 12.5 Å². The van der Waals surface area contributed by atoms with E-state index in [9.17, 15) is 0 Å². The first-order valence-electron chi connectivity index (χ1n) is 6.18. The largest absolute Gasteiger partial charge is 0.496 e. The Bertz CT molecular complexity index is 590. The van der Waals surface area contributed by atoms with E-state index < -0.39 is 0 Å². The number of nitrogens with two attached hydrogens (primary N) is 1. The Kier molecular flexibility index (Phi) is 5.26. The Hall–Kier alpha value is -1.26. The summed E-state index contributed by atoms with van der Waals surface area (Å²) >= 11 is 12.1. The second-order valence-electron chi connectivity index (χ2n) is 4.40. The number of benzene rings is 2. The Morgan fingerprint density at radius 3 is 2.60 bits per heavy atom.